The lowest BCUT2D eigenvalue weighted by molar-refractivity contribution is -0.0328. The van der Waals surface area contributed by atoms with Crippen LogP contribution in [0, 0.1) is 0 Å². The summed E-state index contributed by atoms with van der Waals surface area (Å²) in [4.78, 5) is 11.5. The van der Waals surface area contributed by atoms with Gasteiger partial charge in [-0.05, 0) is 50.7 Å². The minimum Gasteiger partial charge on any atom is -0.444 e. The van der Waals surface area contributed by atoms with Gasteiger partial charge in [-0.25, -0.2) is 4.79 Å². The van der Waals surface area contributed by atoms with Crippen molar-refractivity contribution in [2.75, 3.05) is 5.32 Å². The van der Waals surface area contributed by atoms with Crippen molar-refractivity contribution in [3.05, 3.63) is 24.3 Å². The first-order valence-corrected chi connectivity index (χ1v) is 6.23. The highest BCUT2D eigenvalue weighted by atomic mass is 32.2. The number of benzene rings is 1. The minimum absolute atomic E-state index is 0.000980. The summed E-state index contributed by atoms with van der Waals surface area (Å²) < 4.78 is 41.6. The van der Waals surface area contributed by atoms with Crippen LogP contribution in [0.15, 0.2) is 29.2 Å². The molecule has 0 unspecified atom stereocenters. The van der Waals surface area contributed by atoms with Crippen LogP contribution in [-0.4, -0.2) is 17.2 Å². The van der Waals surface area contributed by atoms with Crippen LogP contribution in [-0.2, 0) is 4.74 Å². The van der Waals surface area contributed by atoms with Gasteiger partial charge in [-0.2, -0.15) is 13.2 Å². The molecule has 0 aliphatic carbocycles. The molecule has 0 fully saturated rings. The van der Waals surface area contributed by atoms with Gasteiger partial charge >= 0.3 is 11.6 Å². The van der Waals surface area contributed by atoms with E-state index in [0.717, 1.165) is 0 Å². The van der Waals surface area contributed by atoms with Crippen molar-refractivity contribution in [3.8, 4) is 0 Å². The molecule has 19 heavy (non-hydrogen) atoms. The summed E-state index contributed by atoms with van der Waals surface area (Å²) in [5, 5.41) is 2.38. The molecule has 0 heterocycles. The molecule has 106 valence electrons. The number of ether oxygens (including phenoxy) is 1. The molecular formula is C12H14F3NO2S. The zero-order valence-electron chi connectivity index (χ0n) is 10.7. The average Bonchev–Trinajstić information content (AvgIpc) is 2.11. The molecule has 3 nitrogen and oxygen atoms in total. The van der Waals surface area contributed by atoms with E-state index in [2.05, 4.69) is 5.32 Å². The highest BCUT2D eigenvalue weighted by Crippen LogP contribution is 2.37. The number of carbonyl (C=O) groups excluding carboxylic acids is 1. The predicted molar refractivity (Wildman–Crippen MR) is 68.2 cm³/mol. The number of hydrogen-bond acceptors (Lipinski definition) is 3. The molecule has 0 atom stereocenters. The van der Waals surface area contributed by atoms with Crippen molar-refractivity contribution in [3.63, 3.8) is 0 Å². The van der Waals surface area contributed by atoms with Crippen LogP contribution in [0.3, 0.4) is 0 Å². The van der Waals surface area contributed by atoms with Crippen LogP contribution < -0.4 is 5.32 Å². The molecule has 0 radical (unpaired) electrons. The second-order valence-corrected chi connectivity index (χ2v) is 5.84. The van der Waals surface area contributed by atoms with E-state index in [9.17, 15) is 18.0 Å². The van der Waals surface area contributed by atoms with Gasteiger partial charge in [-0.1, -0.05) is 6.07 Å². The van der Waals surface area contributed by atoms with Gasteiger partial charge in [0.2, 0.25) is 0 Å². The lowest BCUT2D eigenvalue weighted by atomic mass is 10.2. The Kier molecular flexibility index (Phi) is 4.73. The molecule has 1 aromatic carbocycles. The van der Waals surface area contributed by atoms with E-state index < -0.39 is 17.2 Å². The Morgan fingerprint density at radius 2 is 1.89 bits per heavy atom. The lowest BCUT2D eigenvalue weighted by Gasteiger charge is -2.19. The van der Waals surface area contributed by atoms with Gasteiger partial charge < -0.3 is 4.74 Å². The highest BCUT2D eigenvalue weighted by Gasteiger charge is 2.29. The van der Waals surface area contributed by atoms with E-state index in [1.165, 1.54) is 24.3 Å². The fourth-order valence-corrected chi connectivity index (χ4v) is 1.79. The Morgan fingerprint density at radius 1 is 1.26 bits per heavy atom. The van der Waals surface area contributed by atoms with Crippen LogP contribution in [0.2, 0.25) is 0 Å². The van der Waals surface area contributed by atoms with E-state index in [-0.39, 0.29) is 22.3 Å². The third kappa shape index (κ3) is 6.95. The summed E-state index contributed by atoms with van der Waals surface area (Å²) in [7, 11) is 0. The first-order chi connectivity index (χ1) is 8.55. The van der Waals surface area contributed by atoms with Crippen LogP contribution in [0.25, 0.3) is 0 Å². The highest BCUT2D eigenvalue weighted by molar-refractivity contribution is 8.00. The third-order valence-corrected chi connectivity index (χ3v) is 2.43. The quantitative estimate of drug-likeness (QED) is 0.807. The van der Waals surface area contributed by atoms with E-state index in [1.54, 1.807) is 20.8 Å². The summed E-state index contributed by atoms with van der Waals surface area (Å²) in [6.07, 6.45) is -0.707. The average molecular weight is 293 g/mol. The Labute approximate surface area is 113 Å². The second-order valence-electron chi connectivity index (χ2n) is 4.70. The van der Waals surface area contributed by atoms with Gasteiger partial charge in [0.1, 0.15) is 5.60 Å². The maximum absolute atomic E-state index is 12.2. The van der Waals surface area contributed by atoms with E-state index in [0.29, 0.717) is 0 Å². The van der Waals surface area contributed by atoms with Crippen LogP contribution in [0.1, 0.15) is 20.8 Å². The molecule has 0 bridgehead atoms. The second kappa shape index (κ2) is 5.73. The van der Waals surface area contributed by atoms with Gasteiger partial charge in [0.05, 0.1) is 0 Å². The van der Waals surface area contributed by atoms with Crippen LogP contribution >= 0.6 is 11.8 Å². The van der Waals surface area contributed by atoms with Crippen molar-refractivity contribution >= 4 is 23.5 Å². The number of thioether (sulfide) groups is 1. The normalized spacial score (nSPS) is 12.1. The molecule has 1 aromatic rings. The molecule has 1 amide bonds. The van der Waals surface area contributed by atoms with Gasteiger partial charge in [0, 0.05) is 10.6 Å². The number of halogens is 3. The number of carbonyl (C=O) groups is 1. The monoisotopic (exact) mass is 293 g/mol. The molecule has 0 aliphatic rings. The molecule has 1 N–H and O–H groups in total. The van der Waals surface area contributed by atoms with Crippen molar-refractivity contribution in [1.29, 1.82) is 0 Å². The number of alkyl halides is 3. The number of rotatable bonds is 2. The summed E-state index contributed by atoms with van der Waals surface area (Å²) in [5.41, 5.74) is -4.77. The summed E-state index contributed by atoms with van der Waals surface area (Å²) in [6, 6.07) is 5.48. The van der Waals surface area contributed by atoms with Gasteiger partial charge in [-0.15, -0.1) is 0 Å². The van der Waals surface area contributed by atoms with E-state index >= 15 is 0 Å². The maximum atomic E-state index is 12.2. The number of hydrogen-bond donors (Lipinski definition) is 1. The minimum atomic E-state index is -4.36. The first kappa shape index (κ1) is 15.7. The molecule has 1 rings (SSSR count). The van der Waals surface area contributed by atoms with Gasteiger partial charge in [0.25, 0.3) is 0 Å². The lowest BCUT2D eigenvalue weighted by Crippen LogP contribution is -2.27. The maximum Gasteiger partial charge on any atom is 0.446 e. The van der Waals surface area contributed by atoms with Crippen LogP contribution in [0.5, 0.6) is 0 Å². The third-order valence-electron chi connectivity index (χ3n) is 1.71. The van der Waals surface area contributed by atoms with Gasteiger partial charge in [0.15, 0.2) is 0 Å². The summed E-state index contributed by atoms with van der Waals surface area (Å²) in [6.45, 7) is 5.09. The van der Waals surface area contributed by atoms with Crippen molar-refractivity contribution in [2.45, 2.75) is 36.8 Å². The molecule has 0 spiro atoms. The fourth-order valence-electron chi connectivity index (χ4n) is 1.19. The fraction of sp³-hybridized carbons (Fsp3) is 0.417. The smallest absolute Gasteiger partial charge is 0.444 e. The Balaban J connectivity index is 2.70. The Bertz CT molecular complexity index is 455. The molecular weight excluding hydrogens is 279 g/mol. The van der Waals surface area contributed by atoms with E-state index in [4.69, 9.17) is 4.74 Å². The number of amides is 1. The molecule has 0 saturated heterocycles. The SMILES string of the molecule is CC(C)(C)OC(=O)Nc1cccc(SC(F)(F)F)c1. The zero-order valence-corrected chi connectivity index (χ0v) is 11.5. The topological polar surface area (TPSA) is 38.3 Å². The number of anilines is 1. The Morgan fingerprint density at radius 3 is 2.42 bits per heavy atom. The first-order valence-electron chi connectivity index (χ1n) is 5.41. The molecule has 0 saturated carbocycles. The van der Waals surface area contributed by atoms with Crippen molar-refractivity contribution < 1.29 is 22.7 Å². The summed E-state index contributed by atoms with van der Waals surface area (Å²) >= 11 is -0.237. The molecule has 7 heteroatoms. The molecule has 0 aliphatic heterocycles. The predicted octanol–water partition coefficient (Wildman–Crippen LogP) is 4.65. The van der Waals surface area contributed by atoms with Crippen LogP contribution in [0.4, 0.5) is 23.7 Å². The van der Waals surface area contributed by atoms with Crippen molar-refractivity contribution in [1.82, 2.24) is 0 Å². The largest absolute Gasteiger partial charge is 0.446 e. The van der Waals surface area contributed by atoms with E-state index in [1.807, 2.05) is 0 Å². The standard InChI is InChI=1S/C12H14F3NO2S/c1-11(2,3)18-10(17)16-8-5-4-6-9(7-8)19-12(13,14)15/h4-7H,1-3H3,(H,16,17). The molecule has 0 aromatic heterocycles. The zero-order chi connectivity index (χ0) is 14.7. The summed E-state index contributed by atoms with van der Waals surface area (Å²) in [5.74, 6) is 0. The van der Waals surface area contributed by atoms with Crippen molar-refractivity contribution in [2.24, 2.45) is 0 Å². The van der Waals surface area contributed by atoms with Gasteiger partial charge in [-0.3, -0.25) is 5.32 Å². The Hall–Kier alpha value is -1.37. The number of nitrogens with one attached hydrogen (secondary N) is 1.